The van der Waals surface area contributed by atoms with E-state index in [0.717, 1.165) is 29.6 Å². The fourth-order valence-electron chi connectivity index (χ4n) is 3.25. The smallest absolute Gasteiger partial charge is 0.329 e. The summed E-state index contributed by atoms with van der Waals surface area (Å²) in [7, 11) is 0. The summed E-state index contributed by atoms with van der Waals surface area (Å²) in [5.41, 5.74) is -0.808. The number of aromatic nitrogens is 1. The van der Waals surface area contributed by atoms with Crippen molar-refractivity contribution < 1.29 is 9.90 Å². The average molecular weight is 270 g/mol. The maximum Gasteiger partial charge on any atom is 0.329 e. The van der Waals surface area contributed by atoms with Gasteiger partial charge in [0.1, 0.15) is 11.4 Å². The van der Waals surface area contributed by atoms with Crippen molar-refractivity contribution in [1.29, 1.82) is 0 Å². The summed E-state index contributed by atoms with van der Waals surface area (Å²) in [5.74, 6) is 0.0529. The molecule has 1 aromatic carbocycles. The van der Waals surface area contributed by atoms with Crippen LogP contribution in [0.3, 0.4) is 0 Å². The van der Waals surface area contributed by atoms with Crippen LogP contribution in [-0.4, -0.2) is 28.1 Å². The monoisotopic (exact) mass is 270 g/mol. The van der Waals surface area contributed by atoms with Crippen LogP contribution in [0.2, 0.25) is 0 Å². The molecule has 1 N–H and O–H groups in total. The Morgan fingerprint density at radius 3 is 2.95 bits per heavy atom. The number of benzene rings is 1. The van der Waals surface area contributed by atoms with Crippen LogP contribution in [-0.2, 0) is 4.79 Å². The van der Waals surface area contributed by atoms with Crippen LogP contribution in [0, 0.1) is 0 Å². The van der Waals surface area contributed by atoms with Crippen LogP contribution in [0.1, 0.15) is 26.2 Å². The Morgan fingerprint density at radius 1 is 1.40 bits per heavy atom. The number of carboxylic acid groups (broad SMARTS) is 1. The van der Waals surface area contributed by atoms with E-state index in [1.54, 1.807) is 6.20 Å². The van der Waals surface area contributed by atoms with E-state index in [0.29, 0.717) is 12.8 Å². The van der Waals surface area contributed by atoms with Crippen LogP contribution in [0.5, 0.6) is 0 Å². The zero-order valence-corrected chi connectivity index (χ0v) is 11.5. The number of fused-ring (bicyclic) bond motifs is 1. The van der Waals surface area contributed by atoms with Gasteiger partial charge in [0.05, 0.1) is 0 Å². The highest BCUT2D eigenvalue weighted by molar-refractivity contribution is 5.95. The molecule has 1 saturated heterocycles. The first-order valence-electron chi connectivity index (χ1n) is 7.04. The maximum absolute atomic E-state index is 11.8. The fourth-order valence-corrected chi connectivity index (χ4v) is 3.25. The van der Waals surface area contributed by atoms with E-state index in [2.05, 4.69) is 4.98 Å². The first-order valence-corrected chi connectivity index (χ1v) is 7.04. The zero-order chi connectivity index (χ0) is 14.2. The summed E-state index contributed by atoms with van der Waals surface area (Å²) < 4.78 is 0. The lowest BCUT2D eigenvalue weighted by Crippen LogP contribution is -2.50. The minimum Gasteiger partial charge on any atom is -0.479 e. The molecule has 0 aliphatic carbocycles. The number of aliphatic carboxylic acids is 1. The van der Waals surface area contributed by atoms with E-state index in [9.17, 15) is 9.90 Å². The van der Waals surface area contributed by atoms with Gasteiger partial charge in [-0.25, -0.2) is 9.78 Å². The molecule has 4 heteroatoms. The van der Waals surface area contributed by atoms with Crippen molar-refractivity contribution in [2.45, 2.75) is 31.7 Å². The number of hydrogen-bond donors (Lipinski definition) is 1. The lowest BCUT2D eigenvalue weighted by Gasteiger charge is -2.35. The van der Waals surface area contributed by atoms with Gasteiger partial charge >= 0.3 is 5.97 Å². The molecule has 2 heterocycles. The zero-order valence-electron chi connectivity index (χ0n) is 11.5. The summed E-state index contributed by atoms with van der Waals surface area (Å²) in [6, 6.07) is 9.96. The second-order valence-corrected chi connectivity index (χ2v) is 5.30. The topological polar surface area (TPSA) is 53.4 Å². The minimum atomic E-state index is -0.808. The number of hydrogen-bond acceptors (Lipinski definition) is 3. The molecule has 1 unspecified atom stereocenters. The summed E-state index contributed by atoms with van der Waals surface area (Å²) in [4.78, 5) is 18.3. The molecule has 3 rings (SSSR count). The largest absolute Gasteiger partial charge is 0.479 e. The van der Waals surface area contributed by atoms with E-state index in [4.69, 9.17) is 0 Å². The third-order valence-electron chi connectivity index (χ3n) is 4.38. The van der Waals surface area contributed by atoms with E-state index < -0.39 is 11.5 Å². The predicted octanol–water partition coefficient (Wildman–Crippen LogP) is 3.07. The first kappa shape index (κ1) is 12.9. The molecular formula is C16H18N2O2. The second kappa shape index (κ2) is 4.78. The van der Waals surface area contributed by atoms with Crippen molar-refractivity contribution in [2.75, 3.05) is 11.4 Å². The maximum atomic E-state index is 11.8. The Kier molecular flexibility index (Phi) is 3.08. The Hall–Kier alpha value is -2.10. The molecule has 1 atom stereocenters. The van der Waals surface area contributed by atoms with Gasteiger partial charge in [0.2, 0.25) is 0 Å². The fraction of sp³-hybridized carbons (Fsp3) is 0.375. The van der Waals surface area contributed by atoms with E-state index in [1.165, 1.54) is 0 Å². The lowest BCUT2D eigenvalue weighted by atomic mass is 9.92. The summed E-state index contributed by atoms with van der Waals surface area (Å²) in [5, 5.41) is 11.8. The van der Waals surface area contributed by atoms with Gasteiger partial charge in [-0.1, -0.05) is 31.2 Å². The lowest BCUT2D eigenvalue weighted by molar-refractivity contribution is -0.143. The van der Waals surface area contributed by atoms with Crippen LogP contribution >= 0.6 is 0 Å². The predicted molar refractivity (Wildman–Crippen MR) is 79.0 cm³/mol. The standard InChI is InChI=1S/C16H18N2O2/c1-2-16(15(19)20)9-5-11-18(16)14-13-7-4-3-6-12(13)8-10-17-14/h3-4,6-8,10H,2,5,9,11H2,1H3,(H,19,20). The summed E-state index contributed by atoms with van der Waals surface area (Å²) in [6.07, 6.45) is 3.93. The Balaban J connectivity index is 2.17. The summed E-state index contributed by atoms with van der Waals surface area (Å²) in [6.45, 7) is 2.69. The molecule has 1 aromatic heterocycles. The molecule has 20 heavy (non-hydrogen) atoms. The van der Waals surface area contributed by atoms with Gasteiger partial charge < -0.3 is 10.0 Å². The third-order valence-corrected chi connectivity index (χ3v) is 4.38. The van der Waals surface area contributed by atoms with Gasteiger partial charge in [0, 0.05) is 18.1 Å². The number of nitrogens with zero attached hydrogens (tertiary/aromatic N) is 2. The van der Waals surface area contributed by atoms with Crippen molar-refractivity contribution in [3.8, 4) is 0 Å². The van der Waals surface area contributed by atoms with Gasteiger partial charge in [0.25, 0.3) is 0 Å². The molecule has 1 aliphatic heterocycles. The van der Waals surface area contributed by atoms with Gasteiger partial charge in [0.15, 0.2) is 0 Å². The SMILES string of the molecule is CCC1(C(=O)O)CCCN1c1nccc2ccccc12. The molecule has 0 radical (unpaired) electrons. The molecule has 0 spiro atoms. The molecule has 0 saturated carbocycles. The third kappa shape index (κ3) is 1.75. The quantitative estimate of drug-likeness (QED) is 0.931. The van der Waals surface area contributed by atoms with Gasteiger partial charge in [-0.2, -0.15) is 0 Å². The van der Waals surface area contributed by atoms with Gasteiger partial charge in [-0.15, -0.1) is 0 Å². The molecule has 1 aliphatic rings. The molecular weight excluding hydrogens is 252 g/mol. The number of pyridine rings is 1. The highest BCUT2D eigenvalue weighted by atomic mass is 16.4. The second-order valence-electron chi connectivity index (χ2n) is 5.30. The number of anilines is 1. The van der Waals surface area contributed by atoms with Crippen LogP contribution in [0.25, 0.3) is 10.8 Å². The number of carbonyl (C=O) groups is 1. The first-order chi connectivity index (χ1) is 9.69. The average Bonchev–Trinajstić information content (AvgIpc) is 2.91. The van der Waals surface area contributed by atoms with Gasteiger partial charge in [-0.3, -0.25) is 0 Å². The van der Waals surface area contributed by atoms with Crippen molar-refractivity contribution in [3.63, 3.8) is 0 Å². The molecule has 1 fully saturated rings. The molecule has 2 aromatic rings. The van der Waals surface area contributed by atoms with Crippen molar-refractivity contribution in [1.82, 2.24) is 4.98 Å². The van der Waals surface area contributed by atoms with E-state index in [-0.39, 0.29) is 0 Å². The Morgan fingerprint density at radius 2 is 2.20 bits per heavy atom. The van der Waals surface area contributed by atoms with Crippen molar-refractivity contribution >= 4 is 22.6 Å². The Bertz CT molecular complexity index is 650. The molecule has 0 amide bonds. The molecule has 4 nitrogen and oxygen atoms in total. The minimum absolute atomic E-state index is 0.591. The molecule has 104 valence electrons. The van der Waals surface area contributed by atoms with Crippen LogP contribution in [0.15, 0.2) is 36.5 Å². The Labute approximate surface area is 118 Å². The van der Waals surface area contributed by atoms with Crippen LogP contribution < -0.4 is 4.90 Å². The van der Waals surface area contributed by atoms with Crippen molar-refractivity contribution in [3.05, 3.63) is 36.5 Å². The number of carboxylic acids is 1. The summed E-state index contributed by atoms with van der Waals surface area (Å²) >= 11 is 0. The molecule has 0 bridgehead atoms. The van der Waals surface area contributed by atoms with Crippen LogP contribution in [0.4, 0.5) is 5.82 Å². The van der Waals surface area contributed by atoms with Crippen molar-refractivity contribution in [2.24, 2.45) is 0 Å². The highest BCUT2D eigenvalue weighted by Gasteiger charge is 2.47. The van der Waals surface area contributed by atoms with E-state index in [1.807, 2.05) is 42.2 Å². The number of rotatable bonds is 3. The van der Waals surface area contributed by atoms with E-state index >= 15 is 0 Å². The van der Waals surface area contributed by atoms with Gasteiger partial charge in [-0.05, 0) is 30.7 Å². The normalized spacial score (nSPS) is 22.4. The highest BCUT2D eigenvalue weighted by Crippen LogP contribution is 2.38.